The zero-order valence-corrected chi connectivity index (χ0v) is 11.9. The van der Waals surface area contributed by atoms with Gasteiger partial charge in [-0.05, 0) is 36.2 Å². The van der Waals surface area contributed by atoms with Gasteiger partial charge in [0.25, 0.3) is 0 Å². The average molecular weight is 322 g/mol. The molecule has 0 aromatic heterocycles. The van der Waals surface area contributed by atoms with E-state index >= 15 is 0 Å². The summed E-state index contributed by atoms with van der Waals surface area (Å²) in [6.07, 6.45) is 0.347. The molecule has 0 amide bonds. The molecule has 0 N–H and O–H groups in total. The number of hydrogen-bond acceptors (Lipinski definition) is 0. The van der Waals surface area contributed by atoms with Crippen molar-refractivity contribution in [3.8, 4) is 0 Å². The largest absolute Gasteiger partial charge is 0.207 e. The van der Waals surface area contributed by atoms with E-state index in [2.05, 4.69) is 0 Å². The van der Waals surface area contributed by atoms with Crippen molar-refractivity contribution in [2.24, 2.45) is 0 Å². The lowest BCUT2D eigenvalue weighted by atomic mass is 10.0. The van der Waals surface area contributed by atoms with Crippen LogP contribution in [0.5, 0.6) is 0 Å². The summed E-state index contributed by atoms with van der Waals surface area (Å²) in [4.78, 5) is 0. The smallest absolute Gasteiger partial charge is 0.142 e. The molecule has 0 fully saturated rings. The van der Waals surface area contributed by atoms with Crippen molar-refractivity contribution in [3.05, 3.63) is 69.2 Å². The van der Waals surface area contributed by atoms with Crippen LogP contribution in [0.25, 0.3) is 0 Å². The van der Waals surface area contributed by atoms with E-state index in [1.807, 2.05) is 6.07 Å². The Morgan fingerprint density at radius 3 is 2.42 bits per heavy atom. The van der Waals surface area contributed by atoms with Crippen LogP contribution in [0.4, 0.5) is 8.78 Å². The second kappa shape index (κ2) is 6.08. The highest BCUT2D eigenvalue weighted by atomic mass is 35.5. The van der Waals surface area contributed by atoms with Gasteiger partial charge in [0.05, 0.1) is 10.4 Å². The maximum absolute atomic E-state index is 13.7. The first-order valence-corrected chi connectivity index (χ1v) is 6.69. The lowest BCUT2D eigenvalue weighted by Crippen LogP contribution is -2.00. The monoisotopic (exact) mass is 320 g/mol. The summed E-state index contributed by atoms with van der Waals surface area (Å²) in [5.74, 6) is -1.30. The van der Waals surface area contributed by atoms with Crippen molar-refractivity contribution in [1.82, 2.24) is 0 Å². The summed E-state index contributed by atoms with van der Waals surface area (Å²) in [6.45, 7) is 0. The highest BCUT2D eigenvalue weighted by Gasteiger charge is 2.17. The number of benzene rings is 2. The van der Waals surface area contributed by atoms with E-state index < -0.39 is 17.0 Å². The van der Waals surface area contributed by atoms with Crippen LogP contribution in [0.3, 0.4) is 0 Å². The van der Waals surface area contributed by atoms with Gasteiger partial charge in [-0.2, -0.15) is 0 Å². The highest BCUT2D eigenvalue weighted by Crippen LogP contribution is 2.30. The van der Waals surface area contributed by atoms with Gasteiger partial charge in [0.2, 0.25) is 0 Å². The molecule has 0 radical (unpaired) electrons. The molecule has 100 valence electrons. The minimum absolute atomic E-state index is 0.0866. The van der Waals surface area contributed by atoms with Crippen molar-refractivity contribution in [1.29, 1.82) is 0 Å². The Balaban J connectivity index is 2.25. The first-order chi connectivity index (χ1) is 8.97. The van der Waals surface area contributed by atoms with Crippen molar-refractivity contribution in [2.45, 2.75) is 11.8 Å². The number of hydrogen-bond donors (Lipinski definition) is 0. The molecule has 0 spiro atoms. The standard InChI is InChI=1S/C14H9Cl3F2/c15-9-3-1-2-8(4-9)5-11(16)10-6-14(19)12(17)7-13(10)18/h1-4,6-7,11H,5H2. The van der Waals surface area contributed by atoms with Gasteiger partial charge in [0, 0.05) is 10.6 Å². The van der Waals surface area contributed by atoms with Gasteiger partial charge in [0.1, 0.15) is 11.6 Å². The van der Waals surface area contributed by atoms with Crippen LogP contribution in [0, 0.1) is 11.6 Å². The second-order valence-corrected chi connectivity index (χ2v) is 5.46. The average Bonchev–Trinajstić information content (AvgIpc) is 2.33. The molecule has 19 heavy (non-hydrogen) atoms. The molecular weight excluding hydrogens is 313 g/mol. The molecule has 2 aromatic carbocycles. The minimum atomic E-state index is -0.690. The molecule has 1 atom stereocenters. The zero-order chi connectivity index (χ0) is 14.0. The molecule has 2 rings (SSSR count). The predicted octanol–water partition coefficient (Wildman–Crippen LogP) is 5.79. The summed E-state index contributed by atoms with van der Waals surface area (Å²) in [7, 11) is 0. The number of rotatable bonds is 3. The topological polar surface area (TPSA) is 0 Å². The third kappa shape index (κ3) is 3.59. The van der Waals surface area contributed by atoms with E-state index in [4.69, 9.17) is 34.8 Å². The Kier molecular flexibility index (Phi) is 4.67. The van der Waals surface area contributed by atoms with Crippen LogP contribution in [-0.2, 0) is 6.42 Å². The van der Waals surface area contributed by atoms with Crippen molar-refractivity contribution in [3.63, 3.8) is 0 Å². The summed E-state index contributed by atoms with van der Waals surface area (Å²) >= 11 is 17.5. The first kappa shape index (κ1) is 14.6. The lowest BCUT2D eigenvalue weighted by molar-refractivity contribution is 0.582. The maximum Gasteiger partial charge on any atom is 0.142 e. The van der Waals surface area contributed by atoms with Gasteiger partial charge in [-0.15, -0.1) is 11.6 Å². The Morgan fingerprint density at radius 1 is 1.00 bits per heavy atom. The quantitative estimate of drug-likeness (QED) is 0.495. The molecule has 0 saturated heterocycles. The molecule has 0 saturated carbocycles. The van der Waals surface area contributed by atoms with Gasteiger partial charge >= 0.3 is 0 Å². The number of halogens is 5. The van der Waals surface area contributed by atoms with Crippen LogP contribution in [-0.4, -0.2) is 0 Å². The molecule has 0 bridgehead atoms. The molecular formula is C14H9Cl3F2. The summed E-state index contributed by atoms with van der Waals surface area (Å²) in [5, 5.41) is -0.373. The van der Waals surface area contributed by atoms with E-state index in [-0.39, 0.29) is 10.6 Å². The van der Waals surface area contributed by atoms with Crippen molar-refractivity contribution in [2.75, 3.05) is 0 Å². The van der Waals surface area contributed by atoms with E-state index in [9.17, 15) is 8.78 Å². The highest BCUT2D eigenvalue weighted by molar-refractivity contribution is 6.31. The summed E-state index contributed by atoms with van der Waals surface area (Å²) < 4.78 is 27.0. The Hall–Kier alpha value is -0.830. The third-order valence-corrected chi connectivity index (χ3v) is 3.60. The SMILES string of the molecule is Fc1cc(C(Cl)Cc2cccc(Cl)c2)c(F)cc1Cl. The van der Waals surface area contributed by atoms with Crippen molar-refractivity contribution >= 4 is 34.8 Å². The maximum atomic E-state index is 13.7. The van der Waals surface area contributed by atoms with E-state index in [0.717, 1.165) is 17.7 Å². The van der Waals surface area contributed by atoms with E-state index in [0.29, 0.717) is 11.4 Å². The van der Waals surface area contributed by atoms with Crippen LogP contribution in [0.15, 0.2) is 36.4 Å². The first-order valence-electron chi connectivity index (χ1n) is 5.50. The predicted molar refractivity (Wildman–Crippen MR) is 75.1 cm³/mol. The molecule has 0 nitrogen and oxygen atoms in total. The molecule has 0 heterocycles. The normalized spacial score (nSPS) is 12.5. The Bertz CT molecular complexity index is 599. The lowest BCUT2D eigenvalue weighted by Gasteiger charge is -2.12. The number of alkyl halides is 1. The molecule has 1 unspecified atom stereocenters. The van der Waals surface area contributed by atoms with Gasteiger partial charge in [0.15, 0.2) is 0 Å². The van der Waals surface area contributed by atoms with Crippen LogP contribution >= 0.6 is 34.8 Å². The second-order valence-electron chi connectivity index (χ2n) is 4.09. The van der Waals surface area contributed by atoms with Crippen molar-refractivity contribution < 1.29 is 8.78 Å². The van der Waals surface area contributed by atoms with Gasteiger partial charge in [-0.1, -0.05) is 35.3 Å². The molecule has 0 aliphatic rings. The van der Waals surface area contributed by atoms with E-state index in [1.54, 1.807) is 18.2 Å². The molecule has 0 aliphatic carbocycles. The fourth-order valence-corrected chi connectivity index (χ4v) is 2.47. The summed E-state index contributed by atoms with van der Waals surface area (Å²) in [6, 6.07) is 9.03. The van der Waals surface area contributed by atoms with Crippen LogP contribution in [0.1, 0.15) is 16.5 Å². The zero-order valence-electron chi connectivity index (χ0n) is 9.64. The van der Waals surface area contributed by atoms with Gasteiger partial charge in [-0.25, -0.2) is 8.78 Å². The fraction of sp³-hybridized carbons (Fsp3) is 0.143. The fourth-order valence-electron chi connectivity index (χ4n) is 1.76. The Morgan fingerprint density at radius 2 is 1.74 bits per heavy atom. The Labute approximate surface area is 124 Å². The van der Waals surface area contributed by atoms with Gasteiger partial charge in [-0.3, -0.25) is 0 Å². The van der Waals surface area contributed by atoms with Crippen LogP contribution < -0.4 is 0 Å². The molecule has 0 aliphatic heterocycles. The van der Waals surface area contributed by atoms with Crippen LogP contribution in [0.2, 0.25) is 10.0 Å². The van der Waals surface area contributed by atoms with E-state index in [1.165, 1.54) is 0 Å². The third-order valence-electron chi connectivity index (χ3n) is 2.68. The van der Waals surface area contributed by atoms with Gasteiger partial charge < -0.3 is 0 Å². The summed E-state index contributed by atoms with van der Waals surface area (Å²) in [5.41, 5.74) is 0.936. The molecule has 2 aromatic rings. The minimum Gasteiger partial charge on any atom is -0.207 e. The molecule has 5 heteroatoms.